The Morgan fingerprint density at radius 1 is 0.971 bits per heavy atom. The molecule has 9 nitrogen and oxygen atoms in total. The highest BCUT2D eigenvalue weighted by atomic mass is 16.5. The van der Waals surface area contributed by atoms with Crippen molar-refractivity contribution in [2.75, 3.05) is 6.54 Å². The number of benzene rings is 2. The highest BCUT2D eigenvalue weighted by molar-refractivity contribution is 6.43. The van der Waals surface area contributed by atoms with Crippen molar-refractivity contribution < 1.29 is 29.2 Å². The molecular formula is C24H32BN3O6. The van der Waals surface area contributed by atoms with Gasteiger partial charge < -0.3 is 30.7 Å². The van der Waals surface area contributed by atoms with Gasteiger partial charge in [-0.15, -0.1) is 0 Å². The number of rotatable bonds is 11. The van der Waals surface area contributed by atoms with E-state index in [2.05, 4.69) is 16.0 Å². The molecular weight excluding hydrogens is 437 g/mol. The van der Waals surface area contributed by atoms with Crippen LogP contribution in [-0.4, -0.2) is 53.6 Å². The molecule has 0 fully saturated rings. The van der Waals surface area contributed by atoms with E-state index in [-0.39, 0.29) is 25.5 Å². The zero-order valence-electron chi connectivity index (χ0n) is 19.7. The van der Waals surface area contributed by atoms with E-state index in [0.29, 0.717) is 0 Å². The number of nitrogens with one attached hydrogen (secondary N) is 3. The molecule has 0 aliphatic heterocycles. The molecule has 0 aliphatic rings. The lowest BCUT2D eigenvalue weighted by atomic mass is 9.73. The summed E-state index contributed by atoms with van der Waals surface area (Å²) < 4.78 is 5.24. The molecule has 5 N–H and O–H groups in total. The second kappa shape index (κ2) is 13.4. The monoisotopic (exact) mass is 469 g/mol. The Kier molecular flexibility index (Phi) is 10.6. The fourth-order valence-electron chi connectivity index (χ4n) is 3.29. The van der Waals surface area contributed by atoms with Gasteiger partial charge in [0.15, 0.2) is 0 Å². The van der Waals surface area contributed by atoms with Crippen molar-refractivity contribution in [3.05, 3.63) is 71.3 Å². The zero-order chi connectivity index (χ0) is 25.1. The summed E-state index contributed by atoms with van der Waals surface area (Å²) in [4.78, 5) is 37.5. The van der Waals surface area contributed by atoms with E-state index in [1.807, 2.05) is 61.5 Å². The van der Waals surface area contributed by atoms with Crippen LogP contribution in [0.5, 0.6) is 0 Å². The summed E-state index contributed by atoms with van der Waals surface area (Å²) in [5.74, 6) is -2.25. The Balaban J connectivity index is 2.01. The maximum absolute atomic E-state index is 12.9. The van der Waals surface area contributed by atoms with E-state index >= 15 is 0 Å². The quantitative estimate of drug-likeness (QED) is 0.313. The van der Waals surface area contributed by atoms with Gasteiger partial charge in [-0.25, -0.2) is 4.79 Å². The average molecular weight is 469 g/mol. The molecule has 0 spiro atoms. The van der Waals surface area contributed by atoms with Gasteiger partial charge in [-0.05, 0) is 29.5 Å². The van der Waals surface area contributed by atoms with E-state index in [0.717, 1.165) is 16.7 Å². The number of aryl methyl sites for hydroxylation is 1. The summed E-state index contributed by atoms with van der Waals surface area (Å²) in [6.45, 7) is 5.02. The SMILES string of the molecule is Cc1ccccc1C[C@H](NC(=O)OCc1ccccc1)C(=O)NCC(=O)NC(B(O)O)C(C)C. The average Bonchev–Trinajstić information content (AvgIpc) is 2.80. The second-order valence-corrected chi connectivity index (χ2v) is 8.36. The molecule has 0 aromatic heterocycles. The summed E-state index contributed by atoms with van der Waals surface area (Å²) >= 11 is 0. The zero-order valence-corrected chi connectivity index (χ0v) is 19.7. The fourth-order valence-corrected chi connectivity index (χ4v) is 3.29. The maximum atomic E-state index is 12.9. The minimum Gasteiger partial charge on any atom is -0.445 e. The van der Waals surface area contributed by atoms with Gasteiger partial charge in [0.05, 0.1) is 12.5 Å². The molecule has 2 rings (SSSR count). The first-order valence-electron chi connectivity index (χ1n) is 11.1. The molecule has 0 aliphatic carbocycles. The third-order valence-corrected chi connectivity index (χ3v) is 5.30. The molecule has 182 valence electrons. The van der Waals surface area contributed by atoms with Crippen LogP contribution in [0.2, 0.25) is 0 Å². The first-order valence-corrected chi connectivity index (χ1v) is 11.1. The lowest BCUT2D eigenvalue weighted by molar-refractivity contribution is -0.127. The Morgan fingerprint density at radius 3 is 2.24 bits per heavy atom. The van der Waals surface area contributed by atoms with Crippen molar-refractivity contribution in [2.24, 2.45) is 5.92 Å². The molecule has 0 heterocycles. The van der Waals surface area contributed by atoms with Crippen LogP contribution in [0.3, 0.4) is 0 Å². The second-order valence-electron chi connectivity index (χ2n) is 8.36. The van der Waals surface area contributed by atoms with Crippen LogP contribution >= 0.6 is 0 Å². The van der Waals surface area contributed by atoms with Gasteiger partial charge >= 0.3 is 13.2 Å². The summed E-state index contributed by atoms with van der Waals surface area (Å²) in [6, 6.07) is 15.6. The third kappa shape index (κ3) is 8.88. The fraction of sp³-hybridized carbons (Fsp3) is 0.375. The molecule has 2 aromatic carbocycles. The highest BCUT2D eigenvalue weighted by Gasteiger charge is 2.29. The largest absolute Gasteiger partial charge is 0.475 e. The van der Waals surface area contributed by atoms with Crippen LogP contribution in [-0.2, 0) is 27.4 Å². The lowest BCUT2D eigenvalue weighted by Gasteiger charge is -2.22. The van der Waals surface area contributed by atoms with Gasteiger partial charge in [0.2, 0.25) is 11.8 Å². The number of hydrogen-bond donors (Lipinski definition) is 5. The first kappa shape index (κ1) is 26.9. The molecule has 2 atom stereocenters. The van der Waals surface area contributed by atoms with Gasteiger partial charge in [0.1, 0.15) is 12.6 Å². The maximum Gasteiger partial charge on any atom is 0.475 e. The smallest absolute Gasteiger partial charge is 0.445 e. The summed E-state index contributed by atoms with van der Waals surface area (Å²) in [7, 11) is -1.73. The minimum atomic E-state index is -1.73. The van der Waals surface area contributed by atoms with Crippen molar-refractivity contribution in [3.63, 3.8) is 0 Å². The predicted molar refractivity (Wildman–Crippen MR) is 128 cm³/mol. The molecule has 1 unspecified atom stereocenters. The molecule has 0 saturated heterocycles. The van der Waals surface area contributed by atoms with Gasteiger partial charge in [-0.1, -0.05) is 68.4 Å². The Hall–Kier alpha value is -3.37. The standard InChI is InChI=1S/C24H32BN3O6/c1-16(2)22(25(32)33)28-21(29)14-26-23(30)20(13-19-12-8-7-9-17(19)3)27-24(31)34-15-18-10-5-4-6-11-18/h4-12,16,20,22,32-33H,13-15H2,1-3H3,(H,26,30)(H,27,31)(H,28,29)/t20-,22?/m0/s1. The van der Waals surface area contributed by atoms with Crippen LogP contribution in [0.25, 0.3) is 0 Å². The number of carbonyl (C=O) groups excluding carboxylic acids is 3. The molecule has 0 saturated carbocycles. The van der Waals surface area contributed by atoms with E-state index in [1.54, 1.807) is 13.8 Å². The van der Waals surface area contributed by atoms with Crippen molar-refractivity contribution in [2.45, 2.75) is 45.8 Å². The molecule has 34 heavy (non-hydrogen) atoms. The number of ether oxygens (including phenoxy) is 1. The Bertz CT molecular complexity index is 947. The van der Waals surface area contributed by atoms with Crippen LogP contribution in [0.1, 0.15) is 30.5 Å². The van der Waals surface area contributed by atoms with Gasteiger partial charge in [0, 0.05) is 6.42 Å². The van der Waals surface area contributed by atoms with E-state index in [4.69, 9.17) is 4.74 Å². The van der Waals surface area contributed by atoms with Gasteiger partial charge in [0.25, 0.3) is 0 Å². The number of alkyl carbamates (subject to hydrolysis) is 1. The van der Waals surface area contributed by atoms with Gasteiger partial charge in [-0.3, -0.25) is 9.59 Å². The normalized spacial score (nSPS) is 12.4. The van der Waals surface area contributed by atoms with Crippen molar-refractivity contribution >= 4 is 25.0 Å². The van der Waals surface area contributed by atoms with E-state index in [1.165, 1.54) is 0 Å². The molecule has 10 heteroatoms. The number of hydrogen-bond acceptors (Lipinski definition) is 6. The summed E-state index contributed by atoms with van der Waals surface area (Å²) in [6.07, 6.45) is -0.560. The van der Waals surface area contributed by atoms with Crippen molar-refractivity contribution in [1.29, 1.82) is 0 Å². The van der Waals surface area contributed by atoms with Crippen LogP contribution in [0.4, 0.5) is 4.79 Å². The Labute approximate surface area is 200 Å². The lowest BCUT2D eigenvalue weighted by Crippen LogP contribution is -2.54. The van der Waals surface area contributed by atoms with E-state index < -0.39 is 37.0 Å². The minimum absolute atomic E-state index is 0.0495. The van der Waals surface area contributed by atoms with Crippen LogP contribution < -0.4 is 16.0 Å². The van der Waals surface area contributed by atoms with Gasteiger partial charge in [-0.2, -0.15) is 0 Å². The predicted octanol–water partition coefficient (Wildman–Crippen LogP) is 1.10. The summed E-state index contributed by atoms with van der Waals surface area (Å²) in [5.41, 5.74) is 2.62. The van der Waals surface area contributed by atoms with E-state index in [9.17, 15) is 24.4 Å². The molecule has 3 amide bonds. The third-order valence-electron chi connectivity index (χ3n) is 5.30. The van der Waals surface area contributed by atoms with Crippen LogP contribution in [0, 0.1) is 12.8 Å². The van der Waals surface area contributed by atoms with Crippen LogP contribution in [0.15, 0.2) is 54.6 Å². The first-order chi connectivity index (χ1) is 16.2. The summed E-state index contributed by atoms with van der Waals surface area (Å²) in [5, 5.41) is 26.4. The number of amides is 3. The molecule has 0 radical (unpaired) electrons. The van der Waals surface area contributed by atoms with Crippen molar-refractivity contribution in [1.82, 2.24) is 16.0 Å². The van der Waals surface area contributed by atoms with Crippen molar-refractivity contribution in [3.8, 4) is 0 Å². The molecule has 0 bridgehead atoms. The highest BCUT2D eigenvalue weighted by Crippen LogP contribution is 2.11. The topological polar surface area (TPSA) is 137 Å². The Morgan fingerprint density at radius 2 is 1.62 bits per heavy atom. The molecule has 2 aromatic rings. The number of carbonyl (C=O) groups is 3.